The second kappa shape index (κ2) is 10.4. The lowest BCUT2D eigenvalue weighted by atomic mass is 10.1. The molecular weight excluding hydrogens is 421 g/mol. The van der Waals surface area contributed by atoms with Gasteiger partial charge in [0, 0.05) is 50.9 Å². The Morgan fingerprint density at radius 3 is 2.91 bits per heavy atom. The van der Waals surface area contributed by atoms with Crippen molar-refractivity contribution in [1.82, 2.24) is 20.0 Å². The topological polar surface area (TPSA) is 45.5 Å². The highest BCUT2D eigenvalue weighted by molar-refractivity contribution is 14.0. The first-order chi connectivity index (χ1) is 10.6. The van der Waals surface area contributed by atoms with E-state index >= 15 is 0 Å². The molecule has 7 heteroatoms. The fourth-order valence-corrected chi connectivity index (χ4v) is 4.00. The van der Waals surface area contributed by atoms with Crippen LogP contribution >= 0.6 is 35.7 Å². The van der Waals surface area contributed by atoms with Gasteiger partial charge >= 0.3 is 0 Å². The zero-order valence-corrected chi connectivity index (χ0v) is 17.8. The number of halogens is 1. The first-order valence-electron chi connectivity index (χ1n) is 8.15. The third-order valence-corrected chi connectivity index (χ3v) is 5.57. The van der Waals surface area contributed by atoms with Gasteiger partial charge in [-0.25, -0.2) is 0 Å². The second-order valence-corrected chi connectivity index (χ2v) is 7.55. The maximum absolute atomic E-state index is 4.46. The van der Waals surface area contributed by atoms with Crippen LogP contribution in [0.1, 0.15) is 25.8 Å². The molecule has 1 N–H and O–H groups in total. The molecule has 1 aliphatic heterocycles. The maximum Gasteiger partial charge on any atom is 0.193 e. The van der Waals surface area contributed by atoms with Crippen molar-refractivity contribution in [1.29, 1.82) is 0 Å². The molecule has 23 heavy (non-hydrogen) atoms. The van der Waals surface area contributed by atoms with Gasteiger partial charge in [-0.2, -0.15) is 16.9 Å². The Labute approximate surface area is 161 Å². The molecule has 0 aliphatic carbocycles. The lowest BCUT2D eigenvalue weighted by Crippen LogP contribution is -2.49. The van der Waals surface area contributed by atoms with E-state index < -0.39 is 0 Å². The van der Waals surface area contributed by atoms with E-state index in [1.54, 1.807) is 0 Å². The van der Waals surface area contributed by atoms with Crippen LogP contribution in [0.2, 0.25) is 0 Å². The van der Waals surface area contributed by atoms with Gasteiger partial charge in [0.2, 0.25) is 0 Å². The fraction of sp³-hybridized carbons (Fsp3) is 0.750. The minimum absolute atomic E-state index is 0. The average molecular weight is 451 g/mol. The summed E-state index contributed by atoms with van der Waals surface area (Å²) in [5, 5.41) is 8.43. The van der Waals surface area contributed by atoms with Crippen molar-refractivity contribution in [2.45, 2.75) is 31.9 Å². The molecule has 0 spiro atoms. The maximum atomic E-state index is 4.46. The number of guanidine groups is 1. The molecule has 0 saturated carbocycles. The molecular formula is C16H30IN5S. The van der Waals surface area contributed by atoms with Crippen molar-refractivity contribution in [3.8, 4) is 0 Å². The quantitative estimate of drug-likeness (QED) is 0.324. The van der Waals surface area contributed by atoms with Crippen molar-refractivity contribution < 1.29 is 0 Å². The number of aliphatic imine (C=N–C) groups is 1. The van der Waals surface area contributed by atoms with E-state index in [1.165, 1.54) is 11.3 Å². The molecule has 1 fully saturated rings. The number of rotatable bonds is 5. The fourth-order valence-electron chi connectivity index (χ4n) is 2.70. The van der Waals surface area contributed by atoms with Gasteiger partial charge in [0.1, 0.15) is 0 Å². The predicted molar refractivity (Wildman–Crippen MR) is 111 cm³/mol. The number of nitrogens with one attached hydrogen (secondary N) is 1. The van der Waals surface area contributed by atoms with E-state index in [4.69, 9.17) is 0 Å². The molecule has 1 aromatic rings. The summed E-state index contributed by atoms with van der Waals surface area (Å²) in [6.45, 7) is 7.77. The average Bonchev–Trinajstić information content (AvgIpc) is 2.93. The van der Waals surface area contributed by atoms with E-state index in [0.717, 1.165) is 44.4 Å². The molecule has 2 rings (SSSR count). The molecule has 0 bridgehead atoms. The normalized spacial score (nSPS) is 18.9. The highest BCUT2D eigenvalue weighted by Gasteiger charge is 2.24. The third-order valence-electron chi connectivity index (χ3n) is 4.03. The molecule has 132 valence electrons. The third kappa shape index (κ3) is 6.52. The highest BCUT2D eigenvalue weighted by atomic mass is 127. The van der Waals surface area contributed by atoms with Crippen LogP contribution in [0.3, 0.4) is 0 Å². The Bertz CT molecular complexity index is 489. The van der Waals surface area contributed by atoms with E-state index in [0.29, 0.717) is 5.25 Å². The Morgan fingerprint density at radius 2 is 2.30 bits per heavy atom. The highest BCUT2D eigenvalue weighted by Crippen LogP contribution is 2.24. The second-order valence-electron chi connectivity index (χ2n) is 6.20. The zero-order valence-electron chi connectivity index (χ0n) is 14.7. The SMILES string of the molecule is CN=C(NCCCc1cnn(C)c1)N1CCSC(C(C)C)C1.I. The molecule has 0 radical (unpaired) electrons. The predicted octanol–water partition coefficient (Wildman–Crippen LogP) is 2.62. The summed E-state index contributed by atoms with van der Waals surface area (Å²) in [5.74, 6) is 2.97. The molecule has 1 unspecified atom stereocenters. The first kappa shape index (κ1) is 20.6. The number of hydrogen-bond acceptors (Lipinski definition) is 3. The van der Waals surface area contributed by atoms with E-state index in [1.807, 2.05) is 25.0 Å². The van der Waals surface area contributed by atoms with Crippen LogP contribution in [0.15, 0.2) is 17.4 Å². The van der Waals surface area contributed by atoms with Gasteiger partial charge in [0.15, 0.2) is 5.96 Å². The first-order valence-corrected chi connectivity index (χ1v) is 9.19. The van der Waals surface area contributed by atoms with Crippen LogP contribution in [0.4, 0.5) is 0 Å². The van der Waals surface area contributed by atoms with Gasteiger partial charge in [0.05, 0.1) is 6.20 Å². The molecule has 1 aliphatic rings. The molecule has 1 atom stereocenters. The minimum Gasteiger partial charge on any atom is -0.356 e. The van der Waals surface area contributed by atoms with Gasteiger partial charge in [-0.1, -0.05) is 13.8 Å². The number of aryl methyl sites for hydroxylation is 2. The van der Waals surface area contributed by atoms with E-state index in [-0.39, 0.29) is 24.0 Å². The summed E-state index contributed by atoms with van der Waals surface area (Å²) in [6, 6.07) is 0. The summed E-state index contributed by atoms with van der Waals surface area (Å²) >= 11 is 2.10. The molecule has 2 heterocycles. The molecule has 1 saturated heterocycles. The lowest BCUT2D eigenvalue weighted by Gasteiger charge is -2.36. The monoisotopic (exact) mass is 451 g/mol. The van der Waals surface area contributed by atoms with Crippen molar-refractivity contribution in [2.24, 2.45) is 18.0 Å². The molecule has 0 aromatic carbocycles. The summed E-state index contributed by atoms with van der Waals surface area (Å²) in [7, 11) is 3.85. The summed E-state index contributed by atoms with van der Waals surface area (Å²) in [6.07, 6.45) is 6.19. The Balaban J connectivity index is 0.00000264. The van der Waals surface area contributed by atoms with Gasteiger partial charge in [-0.3, -0.25) is 9.67 Å². The van der Waals surface area contributed by atoms with Crippen LogP contribution in [0, 0.1) is 5.92 Å². The summed E-state index contributed by atoms with van der Waals surface area (Å²) < 4.78 is 1.86. The van der Waals surface area contributed by atoms with Gasteiger partial charge in [-0.15, -0.1) is 24.0 Å². The van der Waals surface area contributed by atoms with Crippen LogP contribution in [-0.4, -0.2) is 58.3 Å². The van der Waals surface area contributed by atoms with Crippen LogP contribution < -0.4 is 5.32 Å². The van der Waals surface area contributed by atoms with Gasteiger partial charge in [-0.05, 0) is 24.3 Å². The van der Waals surface area contributed by atoms with Crippen molar-refractivity contribution in [3.63, 3.8) is 0 Å². The van der Waals surface area contributed by atoms with Crippen LogP contribution in [-0.2, 0) is 13.5 Å². The Kier molecular flexibility index (Phi) is 9.34. The van der Waals surface area contributed by atoms with Crippen molar-refractivity contribution in [2.75, 3.05) is 32.4 Å². The summed E-state index contributed by atoms with van der Waals surface area (Å²) in [4.78, 5) is 6.87. The molecule has 5 nitrogen and oxygen atoms in total. The molecule has 1 aromatic heterocycles. The zero-order chi connectivity index (χ0) is 15.9. The number of thioether (sulfide) groups is 1. The lowest BCUT2D eigenvalue weighted by molar-refractivity contribution is 0.380. The summed E-state index contributed by atoms with van der Waals surface area (Å²) in [5.41, 5.74) is 1.30. The van der Waals surface area contributed by atoms with Crippen LogP contribution in [0.5, 0.6) is 0 Å². The number of nitrogens with zero attached hydrogens (tertiary/aromatic N) is 4. The van der Waals surface area contributed by atoms with Crippen LogP contribution in [0.25, 0.3) is 0 Å². The smallest absolute Gasteiger partial charge is 0.193 e. The number of hydrogen-bond donors (Lipinski definition) is 1. The Morgan fingerprint density at radius 1 is 1.52 bits per heavy atom. The van der Waals surface area contributed by atoms with E-state index in [2.05, 4.69) is 52.1 Å². The van der Waals surface area contributed by atoms with Crippen molar-refractivity contribution in [3.05, 3.63) is 18.0 Å². The van der Waals surface area contributed by atoms with Gasteiger partial charge < -0.3 is 10.2 Å². The largest absolute Gasteiger partial charge is 0.356 e. The Hall–Kier alpha value is -0.440. The minimum atomic E-state index is 0. The molecule has 0 amide bonds. The van der Waals surface area contributed by atoms with Gasteiger partial charge in [0.25, 0.3) is 0 Å². The van der Waals surface area contributed by atoms with Crippen molar-refractivity contribution >= 4 is 41.7 Å². The standard InChI is InChI=1S/C16H29N5S.HI/c1-13(2)15-12-21(8-9-22-15)16(17-3)18-7-5-6-14-10-19-20(4)11-14;/h10-11,13,15H,5-9,12H2,1-4H3,(H,17,18);1H. The van der Waals surface area contributed by atoms with E-state index in [9.17, 15) is 0 Å². The number of aromatic nitrogens is 2.